The lowest BCUT2D eigenvalue weighted by atomic mass is 9.95. The van der Waals surface area contributed by atoms with E-state index < -0.39 is 5.54 Å². The first-order valence-corrected chi connectivity index (χ1v) is 5.61. The Hall–Kier alpha value is -0.610. The Morgan fingerprint density at radius 3 is 2.60 bits per heavy atom. The van der Waals surface area contributed by atoms with Crippen molar-refractivity contribution in [1.82, 2.24) is 10.2 Å². The van der Waals surface area contributed by atoms with Crippen molar-refractivity contribution in [2.45, 2.75) is 51.2 Å². The molecule has 1 fully saturated rings. The molecule has 1 aliphatic heterocycles. The monoisotopic (exact) mass is 213 g/mol. The summed E-state index contributed by atoms with van der Waals surface area (Å²) in [6.45, 7) is 6.98. The fourth-order valence-corrected chi connectivity index (χ4v) is 2.00. The molecule has 1 heterocycles. The predicted octanol–water partition coefficient (Wildman–Crippen LogP) is 0.323. The fourth-order valence-electron chi connectivity index (χ4n) is 2.00. The lowest BCUT2D eigenvalue weighted by Gasteiger charge is -2.38. The maximum Gasteiger partial charge on any atom is 0.237 e. The van der Waals surface area contributed by atoms with E-state index in [2.05, 4.69) is 24.2 Å². The molecule has 4 heteroatoms. The Balaban J connectivity index is 2.50. The molecule has 4 nitrogen and oxygen atoms in total. The van der Waals surface area contributed by atoms with Gasteiger partial charge in [-0.25, -0.2) is 0 Å². The smallest absolute Gasteiger partial charge is 0.237 e. The third-order valence-corrected chi connectivity index (χ3v) is 3.39. The second-order valence-corrected chi connectivity index (χ2v) is 5.18. The molecule has 0 aromatic heterocycles. The number of primary amides is 1. The topological polar surface area (TPSA) is 58.4 Å². The van der Waals surface area contributed by atoms with Crippen LogP contribution in [-0.4, -0.2) is 42.0 Å². The SMILES string of the molecule is CC1CC(NC(C)(C)C(N)=O)CCN1C. The number of rotatable bonds is 3. The number of nitrogens with two attached hydrogens (primary N) is 1. The van der Waals surface area contributed by atoms with Gasteiger partial charge < -0.3 is 16.0 Å². The molecule has 1 rings (SSSR count). The van der Waals surface area contributed by atoms with Crippen molar-refractivity contribution in [3.8, 4) is 0 Å². The van der Waals surface area contributed by atoms with Gasteiger partial charge in [0, 0.05) is 12.1 Å². The molecule has 88 valence electrons. The number of likely N-dealkylation sites (tertiary alicyclic amines) is 1. The number of carbonyl (C=O) groups is 1. The summed E-state index contributed by atoms with van der Waals surface area (Å²) in [6.07, 6.45) is 2.16. The van der Waals surface area contributed by atoms with Crippen LogP contribution in [0.1, 0.15) is 33.6 Å². The average molecular weight is 213 g/mol. The average Bonchev–Trinajstić information content (AvgIpc) is 2.10. The second kappa shape index (κ2) is 4.49. The Morgan fingerprint density at radius 2 is 2.13 bits per heavy atom. The zero-order valence-electron chi connectivity index (χ0n) is 10.2. The van der Waals surface area contributed by atoms with E-state index in [1.54, 1.807) is 0 Å². The predicted molar refractivity (Wildman–Crippen MR) is 61.5 cm³/mol. The van der Waals surface area contributed by atoms with Gasteiger partial charge in [-0.15, -0.1) is 0 Å². The molecule has 0 spiro atoms. The Labute approximate surface area is 92.2 Å². The molecule has 0 radical (unpaired) electrons. The van der Waals surface area contributed by atoms with E-state index in [0.717, 1.165) is 19.4 Å². The fraction of sp³-hybridized carbons (Fsp3) is 0.909. The summed E-state index contributed by atoms with van der Waals surface area (Å²) < 4.78 is 0. The first-order valence-electron chi connectivity index (χ1n) is 5.61. The molecular weight excluding hydrogens is 190 g/mol. The van der Waals surface area contributed by atoms with Crippen LogP contribution >= 0.6 is 0 Å². The molecule has 1 amide bonds. The van der Waals surface area contributed by atoms with E-state index in [1.807, 2.05) is 13.8 Å². The van der Waals surface area contributed by atoms with Gasteiger partial charge in [0.15, 0.2) is 0 Å². The van der Waals surface area contributed by atoms with Crippen molar-refractivity contribution < 1.29 is 4.79 Å². The minimum atomic E-state index is -0.597. The van der Waals surface area contributed by atoms with Crippen LogP contribution in [0.3, 0.4) is 0 Å². The molecule has 0 bridgehead atoms. The van der Waals surface area contributed by atoms with Gasteiger partial charge in [0.05, 0.1) is 5.54 Å². The van der Waals surface area contributed by atoms with Gasteiger partial charge in [-0.1, -0.05) is 0 Å². The molecule has 1 saturated heterocycles. The lowest BCUT2D eigenvalue weighted by Crippen LogP contribution is -2.57. The number of carbonyl (C=O) groups excluding carboxylic acids is 1. The lowest BCUT2D eigenvalue weighted by molar-refractivity contribution is -0.123. The molecule has 0 aromatic rings. The maximum absolute atomic E-state index is 11.2. The highest BCUT2D eigenvalue weighted by Gasteiger charge is 2.31. The summed E-state index contributed by atoms with van der Waals surface area (Å²) in [5.41, 5.74) is 4.74. The van der Waals surface area contributed by atoms with Crippen LogP contribution < -0.4 is 11.1 Å². The van der Waals surface area contributed by atoms with E-state index in [9.17, 15) is 4.79 Å². The zero-order chi connectivity index (χ0) is 11.6. The van der Waals surface area contributed by atoms with Crippen molar-refractivity contribution >= 4 is 5.91 Å². The standard InChI is InChI=1S/C11H23N3O/c1-8-7-9(5-6-14(8)4)13-11(2,3)10(12)15/h8-9,13H,5-7H2,1-4H3,(H2,12,15). The highest BCUT2D eigenvalue weighted by molar-refractivity contribution is 5.83. The molecular formula is C11H23N3O. The van der Waals surface area contributed by atoms with Crippen LogP contribution in [0.25, 0.3) is 0 Å². The van der Waals surface area contributed by atoms with Crippen LogP contribution in [0, 0.1) is 0 Å². The molecule has 2 atom stereocenters. The highest BCUT2D eigenvalue weighted by Crippen LogP contribution is 2.17. The second-order valence-electron chi connectivity index (χ2n) is 5.18. The van der Waals surface area contributed by atoms with Gasteiger partial charge in [-0.3, -0.25) is 4.79 Å². The Kier molecular flexibility index (Phi) is 3.73. The number of piperidine rings is 1. The Bertz CT molecular complexity index is 240. The summed E-state index contributed by atoms with van der Waals surface area (Å²) in [7, 11) is 2.14. The van der Waals surface area contributed by atoms with E-state index >= 15 is 0 Å². The molecule has 15 heavy (non-hydrogen) atoms. The van der Waals surface area contributed by atoms with Gasteiger partial charge in [0.1, 0.15) is 0 Å². The van der Waals surface area contributed by atoms with Crippen LogP contribution in [0.5, 0.6) is 0 Å². The van der Waals surface area contributed by atoms with Crippen molar-refractivity contribution in [1.29, 1.82) is 0 Å². The van der Waals surface area contributed by atoms with Crippen LogP contribution in [0.4, 0.5) is 0 Å². The van der Waals surface area contributed by atoms with Gasteiger partial charge >= 0.3 is 0 Å². The molecule has 0 aromatic carbocycles. The molecule has 2 unspecified atom stereocenters. The maximum atomic E-state index is 11.2. The summed E-state index contributed by atoms with van der Waals surface area (Å²) in [5.74, 6) is -0.283. The van der Waals surface area contributed by atoms with Gasteiger partial charge in [-0.05, 0) is 47.2 Å². The third-order valence-electron chi connectivity index (χ3n) is 3.39. The normalized spacial score (nSPS) is 29.1. The van der Waals surface area contributed by atoms with Crippen LogP contribution in [-0.2, 0) is 4.79 Å². The number of nitrogens with one attached hydrogen (secondary N) is 1. The Morgan fingerprint density at radius 1 is 1.53 bits per heavy atom. The summed E-state index contributed by atoms with van der Waals surface area (Å²) in [4.78, 5) is 13.5. The number of nitrogens with zero attached hydrogens (tertiary/aromatic N) is 1. The van der Waals surface area contributed by atoms with Crippen LogP contribution in [0.15, 0.2) is 0 Å². The van der Waals surface area contributed by atoms with Gasteiger partial charge in [0.2, 0.25) is 5.91 Å². The quantitative estimate of drug-likeness (QED) is 0.710. The first kappa shape index (κ1) is 12.5. The molecule has 0 aliphatic carbocycles. The molecule has 3 N–H and O–H groups in total. The number of hydrogen-bond acceptors (Lipinski definition) is 3. The van der Waals surface area contributed by atoms with Crippen LogP contribution in [0.2, 0.25) is 0 Å². The largest absolute Gasteiger partial charge is 0.368 e. The summed E-state index contributed by atoms with van der Waals surface area (Å²) in [5, 5.41) is 3.34. The summed E-state index contributed by atoms with van der Waals surface area (Å²) >= 11 is 0. The summed E-state index contributed by atoms with van der Waals surface area (Å²) in [6, 6.07) is 0.971. The third kappa shape index (κ3) is 3.18. The van der Waals surface area contributed by atoms with E-state index in [-0.39, 0.29) is 5.91 Å². The van der Waals surface area contributed by atoms with E-state index in [0.29, 0.717) is 12.1 Å². The van der Waals surface area contributed by atoms with E-state index in [1.165, 1.54) is 0 Å². The van der Waals surface area contributed by atoms with Gasteiger partial charge in [0.25, 0.3) is 0 Å². The highest BCUT2D eigenvalue weighted by atomic mass is 16.1. The van der Waals surface area contributed by atoms with E-state index in [4.69, 9.17) is 5.73 Å². The molecule has 1 aliphatic rings. The van der Waals surface area contributed by atoms with Gasteiger partial charge in [-0.2, -0.15) is 0 Å². The number of amides is 1. The zero-order valence-corrected chi connectivity index (χ0v) is 10.2. The minimum absolute atomic E-state index is 0.283. The molecule has 0 saturated carbocycles. The minimum Gasteiger partial charge on any atom is -0.368 e. The first-order chi connectivity index (χ1) is 6.83. The van der Waals surface area contributed by atoms with Crippen molar-refractivity contribution in [2.75, 3.05) is 13.6 Å². The van der Waals surface area contributed by atoms with Crippen molar-refractivity contribution in [3.05, 3.63) is 0 Å². The van der Waals surface area contributed by atoms with Crippen molar-refractivity contribution in [2.24, 2.45) is 5.73 Å². The number of hydrogen-bond donors (Lipinski definition) is 2. The van der Waals surface area contributed by atoms with Crippen molar-refractivity contribution in [3.63, 3.8) is 0 Å².